The molecule has 10 aromatic carbocycles. The van der Waals surface area contributed by atoms with Gasteiger partial charge in [0.2, 0.25) is 0 Å². The summed E-state index contributed by atoms with van der Waals surface area (Å²) in [6, 6.07) is 78.2. The summed E-state index contributed by atoms with van der Waals surface area (Å²) in [7, 11) is 0. The van der Waals surface area contributed by atoms with Crippen LogP contribution in [0, 0.1) is 0 Å². The van der Waals surface area contributed by atoms with Gasteiger partial charge in [0, 0.05) is 38.9 Å². The first kappa shape index (κ1) is 36.4. The number of benzene rings is 10. The second-order valence-corrected chi connectivity index (χ2v) is 16.8. The molecule has 0 bridgehead atoms. The maximum absolute atomic E-state index is 6.81. The van der Waals surface area contributed by atoms with Gasteiger partial charge in [-0.25, -0.2) is 4.99 Å². The first-order valence-corrected chi connectivity index (χ1v) is 21.9. The van der Waals surface area contributed by atoms with Crippen LogP contribution in [-0.4, -0.2) is 10.4 Å². The average molecular weight is 821 g/mol. The average Bonchev–Trinajstić information content (AvgIpc) is 3.91. The molecule has 2 N–H and O–H groups in total. The third-order valence-corrected chi connectivity index (χ3v) is 13.0. The Morgan fingerprint density at radius 1 is 0.422 bits per heavy atom. The minimum atomic E-state index is -0.294. The standard InChI is InChI=1S/C59H40N4O/c1-3-12-37(13-4-1)43-26-30-52-50(34-43)51-35-44(38-14-5-2-6-15-38)27-31-53(51)63(52)47-28-29-48-55(36-47)64-54-21-11-20-49(56(48)54)59-61-57(45-24-22-39-16-7-9-18-41(39)32-45)60-58(62-59)46-25-23-40-17-8-10-19-42(40)33-46/h1-36,57-58,60H,(H,61,62). The molecule has 2 aromatic heterocycles. The largest absolute Gasteiger partial charge is 0.456 e. The van der Waals surface area contributed by atoms with E-state index in [0.717, 1.165) is 61.2 Å². The normalized spacial score (nSPS) is 15.3. The number of furan rings is 1. The summed E-state index contributed by atoms with van der Waals surface area (Å²) in [6.07, 6.45) is -0.494. The quantitative estimate of drug-likeness (QED) is 0.176. The Labute approximate surface area is 369 Å². The molecule has 0 spiro atoms. The van der Waals surface area contributed by atoms with Gasteiger partial charge in [-0.05, 0) is 110 Å². The number of hydrogen-bond acceptors (Lipinski definition) is 4. The minimum absolute atomic E-state index is 0.200. The SMILES string of the molecule is c1ccc(-c2ccc3c(c2)c2cc(-c4ccccc4)ccc2n3-c2ccc3c(c2)oc2cccc(C4=NC(c5ccc6ccccc6c5)NC(c5ccc6ccccc6c5)N4)c23)cc1. The van der Waals surface area contributed by atoms with Crippen molar-refractivity contribution < 1.29 is 4.42 Å². The number of amidine groups is 1. The maximum atomic E-state index is 6.81. The predicted molar refractivity (Wildman–Crippen MR) is 265 cm³/mol. The molecule has 0 fully saturated rings. The molecule has 0 amide bonds. The van der Waals surface area contributed by atoms with Crippen LogP contribution >= 0.6 is 0 Å². The highest BCUT2D eigenvalue weighted by molar-refractivity contribution is 6.19. The zero-order chi connectivity index (χ0) is 42.1. The fraction of sp³-hybridized carbons (Fsp3) is 0.0339. The Hall–Kier alpha value is -8.25. The maximum Gasteiger partial charge on any atom is 0.137 e. The van der Waals surface area contributed by atoms with Gasteiger partial charge in [-0.15, -0.1) is 0 Å². The van der Waals surface area contributed by atoms with Crippen LogP contribution in [0.3, 0.4) is 0 Å². The van der Waals surface area contributed by atoms with Crippen molar-refractivity contribution in [1.82, 2.24) is 15.2 Å². The molecule has 2 atom stereocenters. The molecule has 0 radical (unpaired) electrons. The zero-order valence-electron chi connectivity index (χ0n) is 34.7. The topological polar surface area (TPSA) is 54.5 Å². The smallest absolute Gasteiger partial charge is 0.137 e. The molecule has 5 nitrogen and oxygen atoms in total. The van der Waals surface area contributed by atoms with Crippen molar-refractivity contribution in [2.75, 3.05) is 0 Å². The van der Waals surface area contributed by atoms with Crippen molar-refractivity contribution >= 4 is 71.1 Å². The first-order chi connectivity index (χ1) is 31.7. The fourth-order valence-corrected chi connectivity index (χ4v) is 9.88. The Morgan fingerprint density at radius 3 is 1.67 bits per heavy atom. The molecule has 2 unspecified atom stereocenters. The number of rotatable bonds is 6. The monoisotopic (exact) mass is 820 g/mol. The number of aliphatic imine (C=N–C) groups is 1. The van der Waals surface area contributed by atoms with E-state index in [0.29, 0.717) is 0 Å². The van der Waals surface area contributed by atoms with E-state index in [4.69, 9.17) is 9.41 Å². The molecule has 13 rings (SSSR count). The number of hydrogen-bond donors (Lipinski definition) is 2. The number of fused-ring (bicyclic) bond motifs is 8. The van der Waals surface area contributed by atoms with Crippen molar-refractivity contribution in [3.8, 4) is 27.9 Å². The number of nitrogens with one attached hydrogen (secondary N) is 2. The Balaban J connectivity index is 0.956. The third kappa shape index (κ3) is 6.09. The van der Waals surface area contributed by atoms with Crippen LogP contribution in [0.2, 0.25) is 0 Å². The summed E-state index contributed by atoms with van der Waals surface area (Å²) >= 11 is 0. The van der Waals surface area contributed by atoms with Crippen molar-refractivity contribution in [3.05, 3.63) is 235 Å². The predicted octanol–water partition coefficient (Wildman–Crippen LogP) is 14.7. The Kier molecular flexibility index (Phi) is 8.36. The lowest BCUT2D eigenvalue weighted by molar-refractivity contribution is 0.409. The van der Waals surface area contributed by atoms with E-state index in [-0.39, 0.29) is 12.3 Å². The molecule has 302 valence electrons. The lowest BCUT2D eigenvalue weighted by Crippen LogP contribution is -2.45. The zero-order valence-corrected chi connectivity index (χ0v) is 34.7. The molecule has 5 heteroatoms. The molecule has 0 aliphatic carbocycles. The van der Waals surface area contributed by atoms with E-state index < -0.39 is 0 Å². The van der Waals surface area contributed by atoms with Gasteiger partial charge in [0.05, 0.1) is 11.0 Å². The van der Waals surface area contributed by atoms with Crippen molar-refractivity contribution in [2.45, 2.75) is 12.3 Å². The molecule has 3 heterocycles. The van der Waals surface area contributed by atoms with Gasteiger partial charge in [0.25, 0.3) is 0 Å². The Morgan fingerprint density at radius 2 is 1.02 bits per heavy atom. The minimum Gasteiger partial charge on any atom is -0.456 e. The Bertz CT molecular complexity index is 3710. The van der Waals surface area contributed by atoms with Gasteiger partial charge in [-0.3, -0.25) is 5.32 Å². The molecular formula is C59H40N4O. The highest BCUT2D eigenvalue weighted by Gasteiger charge is 2.28. The molecule has 0 saturated heterocycles. The summed E-state index contributed by atoms with van der Waals surface area (Å²) in [5.41, 5.74) is 13.0. The summed E-state index contributed by atoms with van der Waals surface area (Å²) < 4.78 is 9.19. The van der Waals surface area contributed by atoms with Gasteiger partial charge >= 0.3 is 0 Å². The highest BCUT2D eigenvalue weighted by atomic mass is 16.3. The lowest BCUT2D eigenvalue weighted by Gasteiger charge is -2.32. The first-order valence-electron chi connectivity index (χ1n) is 21.9. The van der Waals surface area contributed by atoms with Crippen LogP contribution in [0.1, 0.15) is 29.0 Å². The van der Waals surface area contributed by atoms with Crippen molar-refractivity contribution in [2.24, 2.45) is 4.99 Å². The molecular weight excluding hydrogens is 781 g/mol. The van der Waals surface area contributed by atoms with Gasteiger partial charge in [0.15, 0.2) is 0 Å². The second kappa shape index (κ2) is 14.7. The van der Waals surface area contributed by atoms with Gasteiger partial charge in [-0.2, -0.15) is 0 Å². The molecule has 64 heavy (non-hydrogen) atoms. The molecule has 1 aliphatic rings. The van der Waals surface area contributed by atoms with Crippen molar-refractivity contribution in [3.63, 3.8) is 0 Å². The number of nitrogens with zero attached hydrogens (tertiary/aromatic N) is 2. The van der Waals surface area contributed by atoms with E-state index in [2.05, 4.69) is 234 Å². The molecule has 0 saturated carbocycles. The van der Waals surface area contributed by atoms with E-state index in [1.807, 2.05) is 0 Å². The van der Waals surface area contributed by atoms with E-state index >= 15 is 0 Å². The van der Waals surface area contributed by atoms with Crippen LogP contribution in [0.5, 0.6) is 0 Å². The second-order valence-electron chi connectivity index (χ2n) is 16.8. The van der Waals surface area contributed by atoms with Crippen LogP contribution in [0.4, 0.5) is 0 Å². The summed E-state index contributed by atoms with van der Waals surface area (Å²) in [6.45, 7) is 0. The van der Waals surface area contributed by atoms with Crippen LogP contribution in [0.15, 0.2) is 228 Å². The lowest BCUT2D eigenvalue weighted by atomic mass is 10.0. The highest BCUT2D eigenvalue weighted by Crippen LogP contribution is 2.40. The van der Waals surface area contributed by atoms with Gasteiger partial charge in [-0.1, -0.05) is 158 Å². The van der Waals surface area contributed by atoms with Crippen LogP contribution in [0.25, 0.3) is 93.2 Å². The fourth-order valence-electron chi connectivity index (χ4n) is 9.88. The third-order valence-electron chi connectivity index (χ3n) is 13.0. The van der Waals surface area contributed by atoms with E-state index in [1.54, 1.807) is 0 Å². The van der Waals surface area contributed by atoms with Gasteiger partial charge < -0.3 is 14.3 Å². The van der Waals surface area contributed by atoms with E-state index in [1.165, 1.54) is 54.6 Å². The van der Waals surface area contributed by atoms with Crippen LogP contribution < -0.4 is 10.6 Å². The van der Waals surface area contributed by atoms with E-state index in [9.17, 15) is 0 Å². The summed E-state index contributed by atoms with van der Waals surface area (Å²) in [4.78, 5) is 5.44. The van der Waals surface area contributed by atoms with Crippen LogP contribution in [-0.2, 0) is 0 Å². The summed E-state index contributed by atoms with van der Waals surface area (Å²) in [5, 5.41) is 17.0. The molecule has 1 aliphatic heterocycles. The van der Waals surface area contributed by atoms with Crippen molar-refractivity contribution in [1.29, 1.82) is 0 Å². The van der Waals surface area contributed by atoms with Gasteiger partial charge in [0.1, 0.15) is 29.3 Å². The molecule has 12 aromatic rings. The summed E-state index contributed by atoms with van der Waals surface area (Å²) in [5.74, 6) is 0.818. The number of aromatic nitrogens is 1.